The molecule has 1 unspecified atom stereocenters. The first-order valence-electron chi connectivity index (χ1n) is 8.60. The van der Waals surface area contributed by atoms with Gasteiger partial charge < -0.3 is 9.80 Å². The van der Waals surface area contributed by atoms with E-state index in [1.807, 2.05) is 28.2 Å². The van der Waals surface area contributed by atoms with Crippen molar-refractivity contribution in [3.8, 4) is 0 Å². The fourth-order valence-corrected chi connectivity index (χ4v) is 4.30. The Morgan fingerprint density at radius 1 is 1.21 bits per heavy atom. The van der Waals surface area contributed by atoms with Crippen LogP contribution >= 0.6 is 11.8 Å². The van der Waals surface area contributed by atoms with Crippen molar-refractivity contribution in [3.05, 3.63) is 30.1 Å². The summed E-state index contributed by atoms with van der Waals surface area (Å²) in [5.74, 6) is 1.02. The molecule has 0 radical (unpaired) electrons. The molecule has 24 heavy (non-hydrogen) atoms. The lowest BCUT2D eigenvalue weighted by molar-refractivity contribution is -0.137. The highest BCUT2D eigenvalue weighted by Gasteiger charge is 2.47. The second kappa shape index (κ2) is 7.55. The summed E-state index contributed by atoms with van der Waals surface area (Å²) >= 11 is 1.56. The lowest BCUT2D eigenvalue weighted by Crippen LogP contribution is -2.37. The Morgan fingerprint density at radius 2 is 1.96 bits per heavy atom. The standard InChI is InChI=1S/C18H25N3O2S/c1-24-14-16(22)20-10-2-5-18(6-11-20)7-12-21(17(18)23)13-15-3-8-19-9-4-15/h3-4,8-9H,2,5-7,10-14H2,1H3. The zero-order chi connectivity index (χ0) is 17.0. The maximum absolute atomic E-state index is 13.0. The second-order valence-corrected chi connectivity index (χ2v) is 7.65. The summed E-state index contributed by atoms with van der Waals surface area (Å²) in [6.07, 6.45) is 9.05. The number of likely N-dealkylation sites (tertiary alicyclic amines) is 2. The highest BCUT2D eigenvalue weighted by molar-refractivity contribution is 7.99. The summed E-state index contributed by atoms with van der Waals surface area (Å²) < 4.78 is 0. The molecule has 0 aliphatic carbocycles. The SMILES string of the molecule is CSCC(=O)N1CCCC2(CC1)CCN(Cc1ccncc1)C2=O. The van der Waals surface area contributed by atoms with Crippen molar-refractivity contribution in [2.75, 3.05) is 31.6 Å². The maximum atomic E-state index is 13.0. The van der Waals surface area contributed by atoms with Crippen LogP contribution in [0, 0.1) is 5.41 Å². The molecule has 2 saturated heterocycles. The summed E-state index contributed by atoms with van der Waals surface area (Å²) in [6, 6.07) is 3.93. The van der Waals surface area contributed by atoms with Crippen molar-refractivity contribution in [1.29, 1.82) is 0 Å². The molecule has 1 aromatic heterocycles. The number of nitrogens with zero attached hydrogens (tertiary/aromatic N) is 3. The van der Waals surface area contributed by atoms with E-state index in [1.165, 1.54) is 0 Å². The smallest absolute Gasteiger partial charge is 0.232 e. The number of hydrogen-bond donors (Lipinski definition) is 0. The van der Waals surface area contributed by atoms with Crippen molar-refractivity contribution in [2.45, 2.75) is 32.2 Å². The largest absolute Gasteiger partial charge is 0.342 e. The van der Waals surface area contributed by atoms with Crippen LogP contribution in [0.25, 0.3) is 0 Å². The Balaban J connectivity index is 1.64. The minimum atomic E-state index is -0.249. The van der Waals surface area contributed by atoms with Crippen LogP contribution in [0.15, 0.2) is 24.5 Å². The number of aromatic nitrogens is 1. The molecule has 2 aliphatic heterocycles. The van der Waals surface area contributed by atoms with E-state index in [4.69, 9.17) is 0 Å². The highest BCUT2D eigenvalue weighted by atomic mass is 32.2. The van der Waals surface area contributed by atoms with E-state index in [0.717, 1.165) is 44.3 Å². The van der Waals surface area contributed by atoms with Crippen LogP contribution in [0.2, 0.25) is 0 Å². The summed E-state index contributed by atoms with van der Waals surface area (Å²) in [4.78, 5) is 33.2. The molecule has 1 atom stereocenters. The number of thioether (sulfide) groups is 1. The van der Waals surface area contributed by atoms with Gasteiger partial charge >= 0.3 is 0 Å². The second-order valence-electron chi connectivity index (χ2n) is 6.78. The van der Waals surface area contributed by atoms with Gasteiger partial charge in [0.25, 0.3) is 0 Å². The van der Waals surface area contributed by atoms with Crippen molar-refractivity contribution >= 4 is 23.6 Å². The predicted octanol–water partition coefficient (Wildman–Crippen LogP) is 2.18. The highest BCUT2D eigenvalue weighted by Crippen LogP contribution is 2.42. The Kier molecular flexibility index (Phi) is 5.43. The Bertz CT molecular complexity index is 595. The molecule has 0 N–H and O–H groups in total. The number of pyridine rings is 1. The molecule has 3 rings (SSSR count). The van der Waals surface area contributed by atoms with Crippen LogP contribution in [-0.2, 0) is 16.1 Å². The molecule has 5 nitrogen and oxygen atoms in total. The maximum Gasteiger partial charge on any atom is 0.232 e. The average molecular weight is 347 g/mol. The number of rotatable bonds is 4. The van der Waals surface area contributed by atoms with E-state index < -0.39 is 0 Å². The van der Waals surface area contributed by atoms with Gasteiger partial charge in [-0.2, -0.15) is 11.8 Å². The van der Waals surface area contributed by atoms with E-state index in [-0.39, 0.29) is 17.2 Å². The van der Waals surface area contributed by atoms with Gasteiger partial charge in [-0.05, 0) is 49.6 Å². The first kappa shape index (κ1) is 17.3. The average Bonchev–Trinajstić information content (AvgIpc) is 2.77. The fourth-order valence-electron chi connectivity index (χ4n) is 3.87. The summed E-state index contributed by atoms with van der Waals surface area (Å²) in [5, 5.41) is 0. The van der Waals surface area contributed by atoms with Gasteiger partial charge in [-0.25, -0.2) is 0 Å². The Hall–Kier alpha value is -1.56. The predicted molar refractivity (Wildman–Crippen MR) is 95.5 cm³/mol. The van der Waals surface area contributed by atoms with E-state index in [0.29, 0.717) is 18.8 Å². The molecule has 2 aliphatic rings. The number of hydrogen-bond acceptors (Lipinski definition) is 4. The molecule has 1 aromatic rings. The minimum Gasteiger partial charge on any atom is -0.342 e. The van der Waals surface area contributed by atoms with E-state index >= 15 is 0 Å². The van der Waals surface area contributed by atoms with E-state index in [9.17, 15) is 9.59 Å². The number of carbonyl (C=O) groups is 2. The topological polar surface area (TPSA) is 53.5 Å². The van der Waals surface area contributed by atoms with Gasteiger partial charge in [0.1, 0.15) is 0 Å². The zero-order valence-electron chi connectivity index (χ0n) is 14.2. The van der Waals surface area contributed by atoms with Crippen molar-refractivity contribution in [1.82, 2.24) is 14.8 Å². The normalized spacial score (nSPS) is 24.5. The van der Waals surface area contributed by atoms with Crippen LogP contribution in [0.1, 0.15) is 31.2 Å². The third-order valence-corrected chi connectivity index (χ3v) is 5.82. The van der Waals surface area contributed by atoms with Gasteiger partial charge in [0.05, 0.1) is 11.2 Å². The van der Waals surface area contributed by atoms with Crippen LogP contribution in [-0.4, -0.2) is 58.2 Å². The third-order valence-electron chi connectivity index (χ3n) is 5.29. The van der Waals surface area contributed by atoms with Gasteiger partial charge in [0.2, 0.25) is 11.8 Å². The molecule has 130 valence electrons. The van der Waals surface area contributed by atoms with E-state index in [1.54, 1.807) is 24.2 Å². The summed E-state index contributed by atoms with van der Waals surface area (Å²) in [6.45, 7) is 2.99. The van der Waals surface area contributed by atoms with Crippen LogP contribution < -0.4 is 0 Å². The third kappa shape index (κ3) is 3.58. The van der Waals surface area contributed by atoms with Gasteiger partial charge in [-0.3, -0.25) is 14.6 Å². The lowest BCUT2D eigenvalue weighted by atomic mass is 9.79. The molecule has 0 aromatic carbocycles. The van der Waals surface area contributed by atoms with Crippen LogP contribution in [0.4, 0.5) is 0 Å². The lowest BCUT2D eigenvalue weighted by Gasteiger charge is -2.27. The van der Waals surface area contributed by atoms with Crippen molar-refractivity contribution in [3.63, 3.8) is 0 Å². The Morgan fingerprint density at radius 3 is 2.71 bits per heavy atom. The first-order valence-corrected chi connectivity index (χ1v) is 9.99. The van der Waals surface area contributed by atoms with Gasteiger partial charge in [-0.15, -0.1) is 0 Å². The van der Waals surface area contributed by atoms with Crippen LogP contribution in [0.3, 0.4) is 0 Å². The molecule has 0 bridgehead atoms. The minimum absolute atomic E-state index is 0.207. The van der Waals surface area contributed by atoms with Crippen molar-refractivity contribution < 1.29 is 9.59 Å². The molecule has 1 spiro atoms. The van der Waals surface area contributed by atoms with Crippen LogP contribution in [0.5, 0.6) is 0 Å². The molecule has 2 amide bonds. The fraction of sp³-hybridized carbons (Fsp3) is 0.611. The summed E-state index contributed by atoms with van der Waals surface area (Å²) in [5.41, 5.74) is 0.877. The number of amides is 2. The van der Waals surface area contributed by atoms with Gasteiger partial charge in [0, 0.05) is 38.6 Å². The van der Waals surface area contributed by atoms with E-state index in [2.05, 4.69) is 4.98 Å². The summed E-state index contributed by atoms with van der Waals surface area (Å²) in [7, 11) is 0. The zero-order valence-corrected chi connectivity index (χ0v) is 15.1. The van der Waals surface area contributed by atoms with Gasteiger partial charge in [0.15, 0.2) is 0 Å². The molecule has 6 heteroatoms. The Labute approximate surface area is 147 Å². The van der Waals surface area contributed by atoms with Gasteiger partial charge in [-0.1, -0.05) is 0 Å². The van der Waals surface area contributed by atoms with Crippen molar-refractivity contribution in [2.24, 2.45) is 5.41 Å². The quantitative estimate of drug-likeness (QED) is 0.838. The molecule has 3 heterocycles. The molecular formula is C18H25N3O2S. The monoisotopic (exact) mass is 347 g/mol. The molecule has 2 fully saturated rings. The molecular weight excluding hydrogens is 322 g/mol. The first-order chi connectivity index (χ1) is 11.6. The number of carbonyl (C=O) groups excluding carboxylic acids is 2. The molecule has 0 saturated carbocycles.